The van der Waals surface area contributed by atoms with E-state index < -0.39 is 11.9 Å². The third kappa shape index (κ3) is 2.81. The fourth-order valence-corrected chi connectivity index (χ4v) is 2.92. The first-order chi connectivity index (χ1) is 10.5. The molecule has 6 heteroatoms. The Morgan fingerprint density at radius 2 is 2.27 bits per heavy atom. The first kappa shape index (κ1) is 14.6. The molecule has 1 fully saturated rings. The van der Waals surface area contributed by atoms with Crippen molar-refractivity contribution >= 4 is 22.9 Å². The molecule has 0 radical (unpaired) electrons. The normalized spacial score (nSPS) is 18.0. The Balaban J connectivity index is 1.61. The van der Waals surface area contributed by atoms with E-state index in [-0.39, 0.29) is 5.91 Å². The van der Waals surface area contributed by atoms with E-state index in [0.717, 1.165) is 22.4 Å². The van der Waals surface area contributed by atoms with Gasteiger partial charge in [-0.2, -0.15) is 0 Å². The van der Waals surface area contributed by atoms with Crippen LogP contribution in [-0.2, 0) is 16.0 Å². The lowest BCUT2D eigenvalue weighted by Gasteiger charge is -2.15. The third-order valence-corrected chi connectivity index (χ3v) is 4.23. The van der Waals surface area contributed by atoms with Crippen molar-refractivity contribution in [1.29, 1.82) is 0 Å². The molecule has 1 aliphatic heterocycles. The van der Waals surface area contributed by atoms with Gasteiger partial charge in [-0.15, -0.1) is 0 Å². The first-order valence-electron chi connectivity index (χ1n) is 7.49. The summed E-state index contributed by atoms with van der Waals surface area (Å²) in [7, 11) is 0. The predicted octanol–water partition coefficient (Wildman–Crippen LogP) is 1.74. The van der Waals surface area contributed by atoms with Gasteiger partial charge in [-0.3, -0.25) is 9.59 Å². The lowest BCUT2D eigenvalue weighted by molar-refractivity contribution is -0.141. The molecule has 2 aromatic rings. The van der Waals surface area contributed by atoms with Gasteiger partial charge in [0.15, 0.2) is 0 Å². The number of aromatic nitrogens is 2. The summed E-state index contributed by atoms with van der Waals surface area (Å²) in [5, 5.41) is 8.97. The van der Waals surface area contributed by atoms with E-state index in [4.69, 9.17) is 5.11 Å². The number of carbonyl (C=O) groups is 2. The number of aliphatic carboxylic acids is 1. The van der Waals surface area contributed by atoms with E-state index in [9.17, 15) is 9.59 Å². The number of imidazole rings is 1. The average molecular weight is 301 g/mol. The molecule has 1 saturated heterocycles. The number of likely N-dealkylation sites (tertiary alicyclic amines) is 1. The summed E-state index contributed by atoms with van der Waals surface area (Å²) in [4.78, 5) is 32.5. The van der Waals surface area contributed by atoms with E-state index in [1.165, 1.54) is 0 Å². The SMILES string of the molecule is Cc1cccc2[nH]c(CCC(=O)N3CCC(C(=O)O)C3)nc12. The number of amides is 1. The van der Waals surface area contributed by atoms with Gasteiger partial charge in [0.2, 0.25) is 5.91 Å². The van der Waals surface area contributed by atoms with Gasteiger partial charge >= 0.3 is 5.97 Å². The lowest BCUT2D eigenvalue weighted by Crippen LogP contribution is -2.30. The molecule has 0 aliphatic carbocycles. The van der Waals surface area contributed by atoms with Crippen LogP contribution in [0, 0.1) is 12.8 Å². The van der Waals surface area contributed by atoms with Crippen LogP contribution in [0.1, 0.15) is 24.2 Å². The molecule has 0 bridgehead atoms. The maximum atomic E-state index is 12.2. The number of fused-ring (bicyclic) bond motifs is 1. The van der Waals surface area contributed by atoms with E-state index >= 15 is 0 Å². The molecule has 6 nitrogen and oxygen atoms in total. The minimum absolute atomic E-state index is 0.000859. The van der Waals surface area contributed by atoms with Gasteiger partial charge in [-0.25, -0.2) is 4.98 Å². The Morgan fingerprint density at radius 1 is 1.45 bits per heavy atom. The maximum absolute atomic E-state index is 12.2. The van der Waals surface area contributed by atoms with Gasteiger partial charge < -0.3 is 15.0 Å². The van der Waals surface area contributed by atoms with Crippen molar-refractivity contribution < 1.29 is 14.7 Å². The summed E-state index contributed by atoms with van der Waals surface area (Å²) in [6.45, 7) is 2.87. The van der Waals surface area contributed by atoms with E-state index in [1.54, 1.807) is 4.90 Å². The number of hydrogen-bond donors (Lipinski definition) is 2. The van der Waals surface area contributed by atoms with Gasteiger partial charge in [0.25, 0.3) is 0 Å². The number of benzene rings is 1. The van der Waals surface area contributed by atoms with Gasteiger partial charge in [0, 0.05) is 25.9 Å². The smallest absolute Gasteiger partial charge is 0.308 e. The van der Waals surface area contributed by atoms with Crippen LogP contribution < -0.4 is 0 Å². The van der Waals surface area contributed by atoms with Crippen LogP contribution in [0.25, 0.3) is 11.0 Å². The number of nitrogens with one attached hydrogen (secondary N) is 1. The van der Waals surface area contributed by atoms with E-state index in [2.05, 4.69) is 9.97 Å². The molecular weight excluding hydrogens is 282 g/mol. The van der Waals surface area contributed by atoms with Gasteiger partial charge in [0.1, 0.15) is 5.82 Å². The van der Waals surface area contributed by atoms with Gasteiger partial charge in [0.05, 0.1) is 17.0 Å². The number of rotatable bonds is 4. The highest BCUT2D eigenvalue weighted by molar-refractivity contribution is 5.80. The molecule has 22 heavy (non-hydrogen) atoms. The Labute approximate surface area is 128 Å². The molecule has 1 aromatic carbocycles. The molecule has 0 spiro atoms. The molecule has 1 atom stereocenters. The maximum Gasteiger partial charge on any atom is 0.308 e. The van der Waals surface area contributed by atoms with Crippen molar-refractivity contribution in [2.75, 3.05) is 13.1 Å². The minimum Gasteiger partial charge on any atom is -0.481 e. The van der Waals surface area contributed by atoms with Gasteiger partial charge in [-0.05, 0) is 25.0 Å². The molecule has 2 N–H and O–H groups in total. The molecular formula is C16H19N3O3. The second-order valence-electron chi connectivity index (χ2n) is 5.82. The van der Waals surface area contributed by atoms with Crippen molar-refractivity contribution in [3.8, 4) is 0 Å². The largest absolute Gasteiger partial charge is 0.481 e. The summed E-state index contributed by atoms with van der Waals surface area (Å²) in [5.74, 6) is -0.437. The van der Waals surface area contributed by atoms with Crippen LogP contribution in [0.15, 0.2) is 18.2 Å². The van der Waals surface area contributed by atoms with Crippen LogP contribution >= 0.6 is 0 Å². The number of para-hydroxylation sites is 1. The topological polar surface area (TPSA) is 86.3 Å². The Kier molecular flexibility index (Phi) is 3.83. The zero-order valence-electron chi connectivity index (χ0n) is 12.5. The molecule has 0 saturated carbocycles. The van der Waals surface area contributed by atoms with E-state index in [1.807, 2.05) is 25.1 Å². The van der Waals surface area contributed by atoms with Crippen molar-refractivity contribution in [2.24, 2.45) is 5.92 Å². The standard InChI is InChI=1S/C16H19N3O3/c1-10-3-2-4-12-15(10)18-13(17-12)5-6-14(20)19-8-7-11(9-19)16(21)22/h2-4,11H,5-9H2,1H3,(H,17,18)(H,21,22). The molecule has 1 aromatic heterocycles. The average Bonchev–Trinajstić information content (AvgIpc) is 3.12. The molecule has 1 aliphatic rings. The number of nitrogens with zero attached hydrogens (tertiary/aromatic N) is 2. The second-order valence-corrected chi connectivity index (χ2v) is 5.82. The van der Waals surface area contributed by atoms with Crippen molar-refractivity contribution in [3.63, 3.8) is 0 Å². The summed E-state index contributed by atoms with van der Waals surface area (Å²) in [6.07, 6.45) is 1.44. The van der Waals surface area contributed by atoms with Crippen molar-refractivity contribution in [2.45, 2.75) is 26.2 Å². The van der Waals surface area contributed by atoms with Crippen molar-refractivity contribution in [3.05, 3.63) is 29.6 Å². The zero-order valence-corrected chi connectivity index (χ0v) is 12.5. The van der Waals surface area contributed by atoms with E-state index in [0.29, 0.717) is 32.4 Å². The highest BCUT2D eigenvalue weighted by atomic mass is 16.4. The Morgan fingerprint density at radius 3 is 2.95 bits per heavy atom. The number of H-pyrrole nitrogens is 1. The van der Waals surface area contributed by atoms with Crippen LogP contribution in [-0.4, -0.2) is 44.9 Å². The number of carboxylic acids is 1. The van der Waals surface area contributed by atoms with Crippen LogP contribution in [0.2, 0.25) is 0 Å². The zero-order chi connectivity index (χ0) is 15.7. The number of carbonyl (C=O) groups excluding carboxylic acids is 1. The highest BCUT2D eigenvalue weighted by Gasteiger charge is 2.30. The predicted molar refractivity (Wildman–Crippen MR) is 81.5 cm³/mol. The molecule has 3 rings (SSSR count). The third-order valence-electron chi connectivity index (χ3n) is 4.23. The fourth-order valence-electron chi connectivity index (χ4n) is 2.92. The summed E-state index contributed by atoms with van der Waals surface area (Å²) in [6, 6.07) is 5.95. The summed E-state index contributed by atoms with van der Waals surface area (Å²) in [5.41, 5.74) is 3.03. The monoisotopic (exact) mass is 301 g/mol. The minimum atomic E-state index is -0.817. The number of carboxylic acid groups (broad SMARTS) is 1. The molecule has 1 unspecified atom stereocenters. The summed E-state index contributed by atoms with van der Waals surface area (Å²) >= 11 is 0. The second kappa shape index (κ2) is 5.79. The quantitative estimate of drug-likeness (QED) is 0.900. The fraction of sp³-hybridized carbons (Fsp3) is 0.438. The van der Waals surface area contributed by atoms with Gasteiger partial charge in [-0.1, -0.05) is 12.1 Å². The lowest BCUT2D eigenvalue weighted by atomic mass is 10.1. The Bertz CT molecular complexity index is 722. The molecule has 1 amide bonds. The number of aromatic amines is 1. The number of aryl methyl sites for hydroxylation is 2. The Hall–Kier alpha value is -2.37. The first-order valence-corrected chi connectivity index (χ1v) is 7.49. The van der Waals surface area contributed by atoms with Crippen molar-refractivity contribution in [1.82, 2.24) is 14.9 Å². The molecule has 116 valence electrons. The van der Waals surface area contributed by atoms with Crippen LogP contribution in [0.3, 0.4) is 0 Å². The number of hydrogen-bond acceptors (Lipinski definition) is 3. The van der Waals surface area contributed by atoms with Crippen LogP contribution in [0.5, 0.6) is 0 Å². The highest BCUT2D eigenvalue weighted by Crippen LogP contribution is 2.19. The summed E-state index contributed by atoms with van der Waals surface area (Å²) < 4.78 is 0. The van der Waals surface area contributed by atoms with Crippen LogP contribution in [0.4, 0.5) is 0 Å². The molecule has 2 heterocycles.